The predicted octanol–water partition coefficient (Wildman–Crippen LogP) is 5.82. The van der Waals surface area contributed by atoms with Crippen molar-refractivity contribution in [1.82, 2.24) is 4.90 Å². The van der Waals surface area contributed by atoms with Gasteiger partial charge in [0.15, 0.2) is 0 Å². The van der Waals surface area contributed by atoms with Crippen LogP contribution in [0.25, 0.3) is 0 Å². The molecule has 1 aromatic carbocycles. The quantitative estimate of drug-likeness (QED) is 0.222. The highest BCUT2D eigenvalue weighted by molar-refractivity contribution is 14.1. The number of amides is 1. The molecule has 1 saturated heterocycles. The lowest BCUT2D eigenvalue weighted by Gasteiger charge is -2.35. The molecule has 0 saturated carbocycles. The first kappa shape index (κ1) is 24.4. The fraction of sp³-hybridized carbons (Fsp3) is 0.588. The number of rotatable bonds is 8. The number of carbonyl (C=O) groups is 1. The summed E-state index contributed by atoms with van der Waals surface area (Å²) >= 11 is 5.71. The van der Waals surface area contributed by atoms with Crippen LogP contribution in [0.15, 0.2) is 30.3 Å². The maximum Gasteiger partial charge on any atom is 0.392 e. The first-order valence-electron chi connectivity index (χ1n) is 8.24. The summed E-state index contributed by atoms with van der Waals surface area (Å²) < 4.78 is 108. The Bertz CT molecular complexity index is 728. The van der Waals surface area contributed by atoms with Crippen LogP contribution in [0, 0.1) is 11.8 Å². The van der Waals surface area contributed by atoms with E-state index >= 15 is 0 Å². The minimum absolute atomic E-state index is 0.0151. The zero-order chi connectivity index (χ0) is 22.3. The van der Waals surface area contributed by atoms with Crippen molar-refractivity contribution in [3.8, 4) is 0 Å². The third-order valence-corrected chi connectivity index (χ3v) is 6.12. The molecule has 1 amide bonds. The van der Waals surface area contributed by atoms with Crippen molar-refractivity contribution >= 4 is 40.1 Å². The molecule has 1 heterocycles. The van der Waals surface area contributed by atoms with Gasteiger partial charge in [0, 0.05) is 29.9 Å². The van der Waals surface area contributed by atoms with E-state index in [9.17, 15) is 39.9 Å². The van der Waals surface area contributed by atoms with Gasteiger partial charge in [-0.1, -0.05) is 52.9 Å². The molecular weight excluding hydrogens is 549 g/mol. The van der Waals surface area contributed by atoms with E-state index in [0.717, 1.165) is 4.90 Å². The van der Waals surface area contributed by atoms with Gasteiger partial charge in [0.1, 0.15) is 0 Å². The highest BCUT2D eigenvalue weighted by atomic mass is 127. The Labute approximate surface area is 179 Å². The summed E-state index contributed by atoms with van der Waals surface area (Å²) in [6.07, 6.45) is -2.00. The van der Waals surface area contributed by atoms with E-state index in [1.54, 1.807) is 52.9 Å². The average molecular weight is 564 g/mol. The van der Waals surface area contributed by atoms with Crippen LogP contribution in [0.3, 0.4) is 0 Å². The third kappa shape index (κ3) is 4.59. The maximum atomic E-state index is 14.1. The second kappa shape index (κ2) is 8.35. The first-order chi connectivity index (χ1) is 13.2. The smallest absolute Gasteiger partial charge is 0.338 e. The first-order valence-corrected chi connectivity index (χ1v) is 10.1. The van der Waals surface area contributed by atoms with E-state index in [1.165, 1.54) is 0 Å². The minimum atomic E-state index is -6.52. The van der Waals surface area contributed by atoms with Crippen LogP contribution in [0.5, 0.6) is 0 Å². The van der Waals surface area contributed by atoms with E-state index in [1.807, 2.05) is 0 Å². The second-order valence-electron chi connectivity index (χ2n) is 6.78. The molecule has 1 aliphatic rings. The van der Waals surface area contributed by atoms with E-state index < -0.39 is 47.3 Å². The van der Waals surface area contributed by atoms with Crippen molar-refractivity contribution in [1.29, 1.82) is 0 Å². The predicted molar refractivity (Wildman–Crippen MR) is 98.0 cm³/mol. The number of hydrogen-bond donors (Lipinski definition) is 0. The van der Waals surface area contributed by atoms with Crippen LogP contribution < -0.4 is 0 Å². The van der Waals surface area contributed by atoms with Gasteiger partial charge >= 0.3 is 23.1 Å². The summed E-state index contributed by atoms with van der Waals surface area (Å²) in [6, 6.07) is 8.37. The van der Waals surface area contributed by atoms with Gasteiger partial charge in [-0.05, 0) is 23.1 Å². The van der Waals surface area contributed by atoms with Crippen LogP contribution in [0.2, 0.25) is 0 Å². The summed E-state index contributed by atoms with van der Waals surface area (Å²) in [5.74, 6) is -22.1. The molecule has 1 aromatic rings. The zero-order valence-electron chi connectivity index (χ0n) is 14.5. The van der Waals surface area contributed by atoms with Crippen LogP contribution in [-0.2, 0) is 11.3 Å². The van der Waals surface area contributed by atoms with Crippen LogP contribution in [0.1, 0.15) is 12.0 Å². The minimum Gasteiger partial charge on any atom is -0.338 e. The molecule has 2 atom stereocenters. The van der Waals surface area contributed by atoms with Gasteiger partial charge in [-0.25, -0.2) is 0 Å². The van der Waals surface area contributed by atoms with Gasteiger partial charge in [-0.15, -0.1) is 0 Å². The lowest BCUT2D eigenvalue weighted by atomic mass is 9.87. The standard InChI is InChI=1S/C17H15ClF8INO/c18-17(25,26)16(23,24)15(21,22)14(19,20)6-12-11(7-27)9-28(13(12)29)8-10-4-2-1-3-5-10/h1-5,11-12H,6-9H2. The van der Waals surface area contributed by atoms with Crippen LogP contribution in [0.4, 0.5) is 35.1 Å². The molecule has 0 N–H and O–H groups in total. The Morgan fingerprint density at radius 3 is 2.03 bits per heavy atom. The van der Waals surface area contributed by atoms with Crippen LogP contribution >= 0.6 is 34.2 Å². The number of benzene rings is 1. The van der Waals surface area contributed by atoms with E-state index in [-0.39, 0.29) is 17.5 Å². The largest absolute Gasteiger partial charge is 0.392 e. The maximum absolute atomic E-state index is 14.1. The molecule has 164 valence electrons. The number of nitrogens with zero attached hydrogens (tertiary/aromatic N) is 1. The van der Waals surface area contributed by atoms with Gasteiger partial charge in [0.05, 0.1) is 0 Å². The second-order valence-corrected chi connectivity index (χ2v) is 8.14. The molecular formula is C17H15ClF8INO. The van der Waals surface area contributed by atoms with E-state index in [2.05, 4.69) is 11.6 Å². The van der Waals surface area contributed by atoms with E-state index in [4.69, 9.17) is 0 Å². The van der Waals surface area contributed by atoms with Gasteiger partial charge < -0.3 is 4.90 Å². The Kier molecular flexibility index (Phi) is 7.03. The lowest BCUT2D eigenvalue weighted by molar-refractivity contribution is -0.350. The summed E-state index contributed by atoms with van der Waals surface area (Å²) in [4.78, 5) is 13.7. The van der Waals surface area contributed by atoms with Crippen molar-refractivity contribution in [2.75, 3.05) is 11.0 Å². The molecule has 0 spiro atoms. The van der Waals surface area contributed by atoms with E-state index in [0.29, 0.717) is 5.56 Å². The van der Waals surface area contributed by atoms with Crippen molar-refractivity contribution in [3.63, 3.8) is 0 Å². The van der Waals surface area contributed by atoms with Crippen molar-refractivity contribution in [2.24, 2.45) is 11.8 Å². The molecule has 29 heavy (non-hydrogen) atoms. The number of carbonyl (C=O) groups excluding carboxylic acids is 1. The molecule has 2 nitrogen and oxygen atoms in total. The molecule has 0 radical (unpaired) electrons. The van der Waals surface area contributed by atoms with Gasteiger partial charge in [-0.3, -0.25) is 4.79 Å². The molecule has 12 heteroatoms. The number of hydrogen-bond acceptors (Lipinski definition) is 1. The summed E-state index contributed by atoms with van der Waals surface area (Å²) in [5.41, 5.74) is 0.652. The molecule has 1 aliphatic heterocycles. The molecule has 0 aromatic heterocycles. The highest BCUT2D eigenvalue weighted by Crippen LogP contribution is 2.56. The molecule has 0 bridgehead atoms. The van der Waals surface area contributed by atoms with Crippen molar-refractivity contribution in [2.45, 2.75) is 36.1 Å². The normalized spacial score (nSPS) is 21.7. The van der Waals surface area contributed by atoms with Crippen molar-refractivity contribution < 1.29 is 39.9 Å². The van der Waals surface area contributed by atoms with Crippen LogP contribution in [-0.4, -0.2) is 44.9 Å². The fourth-order valence-electron chi connectivity index (χ4n) is 3.11. The lowest BCUT2D eigenvalue weighted by Crippen LogP contribution is -2.61. The van der Waals surface area contributed by atoms with Gasteiger partial charge in [0.2, 0.25) is 5.91 Å². The summed E-state index contributed by atoms with van der Waals surface area (Å²) in [7, 11) is 0. The van der Waals surface area contributed by atoms with Crippen molar-refractivity contribution in [3.05, 3.63) is 35.9 Å². The summed E-state index contributed by atoms with van der Waals surface area (Å²) in [5, 5.41) is -5.90. The Morgan fingerprint density at radius 1 is 1.00 bits per heavy atom. The molecule has 2 unspecified atom stereocenters. The molecule has 2 rings (SSSR count). The van der Waals surface area contributed by atoms with Gasteiger partial charge in [0.25, 0.3) is 0 Å². The fourth-order valence-corrected chi connectivity index (χ4v) is 4.12. The Hall–Kier alpha value is -0.850. The number of halogens is 10. The van der Waals surface area contributed by atoms with Gasteiger partial charge in [-0.2, -0.15) is 35.1 Å². The number of alkyl halides is 10. The highest BCUT2D eigenvalue weighted by Gasteiger charge is 2.80. The number of likely N-dealkylation sites (tertiary alicyclic amines) is 1. The average Bonchev–Trinajstić information content (AvgIpc) is 2.89. The zero-order valence-corrected chi connectivity index (χ0v) is 17.4. The summed E-state index contributed by atoms with van der Waals surface area (Å²) in [6.45, 7) is -0.0355. The Morgan fingerprint density at radius 2 is 1.55 bits per heavy atom. The SMILES string of the molecule is O=C1C(CC(F)(F)C(F)(F)C(F)(F)C(F)(F)Cl)C(CI)CN1Cc1ccccc1. The molecule has 1 fully saturated rings. The monoisotopic (exact) mass is 563 g/mol. The topological polar surface area (TPSA) is 20.3 Å². The Balaban J connectivity index is 2.25. The molecule has 0 aliphatic carbocycles. The third-order valence-electron chi connectivity index (χ3n) is 4.75.